The summed E-state index contributed by atoms with van der Waals surface area (Å²) < 4.78 is 11.9. The number of hydrogen-bond donors (Lipinski definition) is 2. The second-order valence-electron chi connectivity index (χ2n) is 4.06. The summed E-state index contributed by atoms with van der Waals surface area (Å²) in [5.74, 6) is -0.996. The third kappa shape index (κ3) is 2.58. The molecule has 1 saturated carbocycles. The summed E-state index contributed by atoms with van der Waals surface area (Å²) in [5, 5.41) is 8.56. The summed E-state index contributed by atoms with van der Waals surface area (Å²) >= 11 is 0. The third-order valence-electron chi connectivity index (χ3n) is 2.95. The van der Waals surface area contributed by atoms with Crippen LogP contribution in [-0.4, -0.2) is 27.3 Å². The van der Waals surface area contributed by atoms with Gasteiger partial charge in [0, 0.05) is 11.3 Å². The minimum atomic E-state index is -3.27. The lowest BCUT2D eigenvalue weighted by molar-refractivity contribution is -0.137. The summed E-state index contributed by atoms with van der Waals surface area (Å²) in [5.41, 5.74) is -0.764. The molecule has 2 atom stereocenters. The van der Waals surface area contributed by atoms with E-state index >= 15 is 0 Å². The van der Waals surface area contributed by atoms with Gasteiger partial charge in [-0.15, -0.1) is 0 Å². The van der Waals surface area contributed by atoms with Gasteiger partial charge in [-0.05, 0) is 12.8 Å². The Morgan fingerprint density at radius 3 is 2.43 bits per heavy atom. The van der Waals surface area contributed by atoms with Crippen molar-refractivity contribution in [2.75, 3.05) is 0 Å². The van der Waals surface area contributed by atoms with Gasteiger partial charge in [-0.2, -0.15) is 0 Å². The number of rotatable bonds is 4. The molecule has 4 nitrogen and oxygen atoms in total. The van der Waals surface area contributed by atoms with Crippen LogP contribution in [-0.2, 0) is 9.36 Å². The molecule has 0 heterocycles. The van der Waals surface area contributed by atoms with Crippen molar-refractivity contribution in [2.45, 2.75) is 50.3 Å². The highest BCUT2D eigenvalue weighted by Crippen LogP contribution is 2.57. The lowest BCUT2D eigenvalue weighted by Crippen LogP contribution is -2.17. The minimum Gasteiger partial charge on any atom is -0.481 e. The Bertz CT molecular complexity index is 258. The van der Waals surface area contributed by atoms with Crippen LogP contribution in [0, 0.1) is 0 Å². The second-order valence-corrected chi connectivity index (χ2v) is 7.01. The van der Waals surface area contributed by atoms with Crippen molar-refractivity contribution >= 4 is 13.3 Å². The van der Waals surface area contributed by atoms with Gasteiger partial charge in [-0.1, -0.05) is 19.8 Å². The largest absolute Gasteiger partial charge is 0.481 e. The Hall–Kier alpha value is -0.340. The van der Waals surface area contributed by atoms with Gasteiger partial charge >= 0.3 is 5.97 Å². The number of carboxylic acid groups (broad SMARTS) is 1. The van der Waals surface area contributed by atoms with Crippen molar-refractivity contribution < 1.29 is 19.4 Å². The van der Waals surface area contributed by atoms with Crippen molar-refractivity contribution in [3.8, 4) is 0 Å². The number of carboxylic acids is 1. The fraction of sp³-hybridized carbons (Fsp3) is 0.889. The fourth-order valence-corrected chi connectivity index (χ4v) is 4.26. The average molecular weight is 220 g/mol. The standard InChI is InChI=1S/C9H17O4P/c1-7(6-9(10)11)14(12,13)8-4-2-3-5-8/h7-8H,2-6H2,1H3,(H,10,11)(H,12,13). The first-order valence-corrected chi connectivity index (χ1v) is 6.78. The summed E-state index contributed by atoms with van der Waals surface area (Å²) in [6.45, 7) is 1.56. The van der Waals surface area contributed by atoms with Gasteiger partial charge in [0.2, 0.25) is 7.37 Å². The molecule has 2 unspecified atom stereocenters. The van der Waals surface area contributed by atoms with Crippen molar-refractivity contribution in [1.29, 1.82) is 0 Å². The number of carbonyl (C=O) groups is 1. The van der Waals surface area contributed by atoms with E-state index in [-0.39, 0.29) is 12.1 Å². The molecule has 0 aromatic heterocycles. The molecule has 0 bridgehead atoms. The molecule has 0 amide bonds. The van der Waals surface area contributed by atoms with E-state index in [9.17, 15) is 14.3 Å². The van der Waals surface area contributed by atoms with Crippen LogP contribution in [0.1, 0.15) is 39.0 Å². The molecule has 14 heavy (non-hydrogen) atoms. The first-order valence-electron chi connectivity index (χ1n) is 4.98. The van der Waals surface area contributed by atoms with E-state index in [1.807, 2.05) is 0 Å². The first kappa shape index (κ1) is 11.7. The molecule has 0 aliphatic heterocycles. The molecule has 0 saturated heterocycles. The maximum Gasteiger partial charge on any atom is 0.304 e. The van der Waals surface area contributed by atoms with Crippen LogP contribution in [0.3, 0.4) is 0 Å². The molecule has 1 aliphatic carbocycles. The third-order valence-corrected chi connectivity index (χ3v) is 5.96. The van der Waals surface area contributed by atoms with Gasteiger partial charge in [0.05, 0.1) is 6.42 Å². The Kier molecular flexibility index (Phi) is 3.73. The zero-order chi connectivity index (χ0) is 10.8. The number of aliphatic carboxylic acids is 1. The van der Waals surface area contributed by atoms with E-state index < -0.39 is 19.0 Å². The van der Waals surface area contributed by atoms with Gasteiger partial charge in [0.1, 0.15) is 0 Å². The van der Waals surface area contributed by atoms with Crippen molar-refractivity contribution in [3.63, 3.8) is 0 Å². The van der Waals surface area contributed by atoms with E-state index in [0.29, 0.717) is 0 Å². The summed E-state index contributed by atoms with van der Waals surface area (Å²) in [4.78, 5) is 20.3. The van der Waals surface area contributed by atoms with Crippen LogP contribution in [0.2, 0.25) is 0 Å². The predicted molar refractivity (Wildman–Crippen MR) is 53.8 cm³/mol. The second kappa shape index (κ2) is 4.45. The van der Waals surface area contributed by atoms with Gasteiger partial charge in [-0.3, -0.25) is 9.36 Å². The molecule has 82 valence electrons. The molecule has 0 aromatic rings. The molecule has 5 heteroatoms. The molecule has 1 rings (SSSR count). The highest BCUT2D eigenvalue weighted by Gasteiger charge is 2.38. The molecule has 0 aromatic carbocycles. The smallest absolute Gasteiger partial charge is 0.304 e. The zero-order valence-electron chi connectivity index (χ0n) is 8.35. The predicted octanol–water partition coefficient (Wildman–Crippen LogP) is 2.06. The van der Waals surface area contributed by atoms with Crippen LogP contribution in [0.15, 0.2) is 0 Å². The van der Waals surface area contributed by atoms with Crippen LogP contribution in [0.25, 0.3) is 0 Å². The normalized spacial score (nSPS) is 24.4. The SMILES string of the molecule is CC(CC(=O)O)P(=O)(O)C1CCCC1. The molecule has 0 spiro atoms. The quantitative estimate of drug-likeness (QED) is 0.711. The average Bonchev–Trinajstić information content (AvgIpc) is 2.54. The van der Waals surface area contributed by atoms with E-state index in [4.69, 9.17) is 5.11 Å². The zero-order valence-corrected chi connectivity index (χ0v) is 9.24. The topological polar surface area (TPSA) is 74.6 Å². The van der Waals surface area contributed by atoms with Crippen molar-refractivity contribution in [1.82, 2.24) is 0 Å². The molecule has 1 aliphatic rings. The summed E-state index contributed by atoms with van der Waals surface area (Å²) in [6, 6.07) is 0. The fourth-order valence-electron chi connectivity index (χ4n) is 2.02. The van der Waals surface area contributed by atoms with E-state index in [1.165, 1.54) is 0 Å². The van der Waals surface area contributed by atoms with Gasteiger partial charge in [-0.25, -0.2) is 0 Å². The van der Waals surface area contributed by atoms with E-state index in [2.05, 4.69) is 0 Å². The maximum absolute atomic E-state index is 11.9. The van der Waals surface area contributed by atoms with Gasteiger partial charge in [0.25, 0.3) is 0 Å². The van der Waals surface area contributed by atoms with Gasteiger partial charge < -0.3 is 10.00 Å². The Morgan fingerprint density at radius 1 is 1.50 bits per heavy atom. The Morgan fingerprint density at radius 2 is 2.00 bits per heavy atom. The Labute approximate surface area is 83.8 Å². The van der Waals surface area contributed by atoms with Crippen LogP contribution < -0.4 is 0 Å². The van der Waals surface area contributed by atoms with E-state index in [0.717, 1.165) is 25.7 Å². The van der Waals surface area contributed by atoms with Crippen LogP contribution in [0.5, 0.6) is 0 Å². The maximum atomic E-state index is 11.9. The molecule has 2 N–H and O–H groups in total. The Balaban J connectivity index is 2.62. The van der Waals surface area contributed by atoms with Crippen LogP contribution in [0.4, 0.5) is 0 Å². The number of hydrogen-bond acceptors (Lipinski definition) is 2. The molecule has 1 fully saturated rings. The van der Waals surface area contributed by atoms with E-state index in [1.54, 1.807) is 6.92 Å². The summed E-state index contributed by atoms with van der Waals surface area (Å²) in [6.07, 6.45) is 3.34. The highest BCUT2D eigenvalue weighted by molar-refractivity contribution is 7.59. The molecular weight excluding hydrogens is 203 g/mol. The monoisotopic (exact) mass is 220 g/mol. The van der Waals surface area contributed by atoms with Gasteiger partial charge in [0.15, 0.2) is 0 Å². The minimum absolute atomic E-state index is 0.156. The lowest BCUT2D eigenvalue weighted by atomic mass is 10.3. The first-order chi connectivity index (χ1) is 6.44. The van der Waals surface area contributed by atoms with Crippen molar-refractivity contribution in [2.24, 2.45) is 0 Å². The van der Waals surface area contributed by atoms with Crippen LogP contribution >= 0.6 is 7.37 Å². The lowest BCUT2D eigenvalue weighted by Gasteiger charge is -2.23. The van der Waals surface area contributed by atoms with Crippen molar-refractivity contribution in [3.05, 3.63) is 0 Å². The molecular formula is C9H17O4P. The highest BCUT2D eigenvalue weighted by atomic mass is 31.2. The summed E-state index contributed by atoms with van der Waals surface area (Å²) in [7, 11) is -3.27. The molecule has 0 radical (unpaired) electrons.